The second kappa shape index (κ2) is 4.60. The van der Waals surface area contributed by atoms with Crippen molar-refractivity contribution in [3.8, 4) is 0 Å². The quantitative estimate of drug-likeness (QED) is 0.773. The van der Waals surface area contributed by atoms with Gasteiger partial charge in [-0.05, 0) is 12.8 Å². The van der Waals surface area contributed by atoms with Gasteiger partial charge in [-0.3, -0.25) is 0 Å². The van der Waals surface area contributed by atoms with E-state index in [1.807, 2.05) is 6.20 Å². The smallest absolute Gasteiger partial charge is 0.109 e. The van der Waals surface area contributed by atoms with Gasteiger partial charge in [0, 0.05) is 30.8 Å². The fourth-order valence-electron chi connectivity index (χ4n) is 2.21. The van der Waals surface area contributed by atoms with Crippen molar-refractivity contribution in [1.82, 2.24) is 9.97 Å². The largest absolute Gasteiger partial charge is 0.396 e. The molecule has 0 spiro atoms. The molecule has 1 aliphatic rings. The van der Waals surface area contributed by atoms with Gasteiger partial charge in [-0.1, -0.05) is 19.3 Å². The maximum absolute atomic E-state index is 8.79. The molecular weight excluding hydrogens is 176 g/mol. The van der Waals surface area contributed by atoms with E-state index in [2.05, 4.69) is 9.97 Å². The van der Waals surface area contributed by atoms with Gasteiger partial charge in [0.2, 0.25) is 0 Å². The summed E-state index contributed by atoms with van der Waals surface area (Å²) in [6, 6.07) is 0. The molecule has 0 amide bonds. The van der Waals surface area contributed by atoms with Crippen LogP contribution >= 0.6 is 0 Å². The minimum atomic E-state index is 0.201. The zero-order valence-corrected chi connectivity index (χ0v) is 8.50. The molecule has 1 aromatic rings. The van der Waals surface area contributed by atoms with E-state index in [0.29, 0.717) is 12.3 Å². The number of aromatic nitrogens is 2. The van der Waals surface area contributed by atoms with Gasteiger partial charge in [0.15, 0.2) is 0 Å². The second-order valence-electron chi connectivity index (χ2n) is 4.10. The van der Waals surface area contributed by atoms with Crippen molar-refractivity contribution in [2.45, 2.75) is 44.4 Å². The number of hydrogen-bond acceptors (Lipinski definition) is 2. The molecule has 0 aromatic carbocycles. The third kappa shape index (κ3) is 2.15. The third-order valence-electron chi connectivity index (χ3n) is 3.02. The number of aromatic amines is 1. The molecule has 0 unspecified atom stereocenters. The van der Waals surface area contributed by atoms with Crippen LogP contribution in [0.1, 0.15) is 49.5 Å². The van der Waals surface area contributed by atoms with Crippen LogP contribution in [0.15, 0.2) is 6.20 Å². The summed E-state index contributed by atoms with van der Waals surface area (Å²) in [7, 11) is 0. The average molecular weight is 194 g/mol. The molecule has 1 heterocycles. The average Bonchev–Trinajstić information content (AvgIpc) is 2.68. The van der Waals surface area contributed by atoms with Crippen LogP contribution in [0.25, 0.3) is 0 Å². The Labute approximate surface area is 84.6 Å². The van der Waals surface area contributed by atoms with Gasteiger partial charge in [-0.15, -0.1) is 0 Å². The molecule has 78 valence electrons. The van der Waals surface area contributed by atoms with Gasteiger partial charge in [-0.25, -0.2) is 4.98 Å². The maximum atomic E-state index is 8.79. The van der Waals surface area contributed by atoms with Crippen molar-refractivity contribution in [2.75, 3.05) is 6.61 Å². The molecular formula is C11H18N2O. The van der Waals surface area contributed by atoms with Crippen molar-refractivity contribution in [3.05, 3.63) is 17.7 Å². The van der Waals surface area contributed by atoms with Crippen LogP contribution in [-0.4, -0.2) is 21.7 Å². The Morgan fingerprint density at radius 1 is 1.36 bits per heavy atom. The molecule has 14 heavy (non-hydrogen) atoms. The Morgan fingerprint density at radius 2 is 2.14 bits per heavy atom. The number of aliphatic hydroxyl groups excluding tert-OH is 1. The number of imidazole rings is 1. The molecule has 0 bridgehead atoms. The number of nitrogens with one attached hydrogen (secondary N) is 1. The Balaban J connectivity index is 2.00. The highest BCUT2D eigenvalue weighted by atomic mass is 16.3. The van der Waals surface area contributed by atoms with Crippen LogP contribution in [0.5, 0.6) is 0 Å². The fraction of sp³-hybridized carbons (Fsp3) is 0.727. The monoisotopic (exact) mass is 194 g/mol. The van der Waals surface area contributed by atoms with Crippen LogP contribution in [-0.2, 0) is 6.42 Å². The first-order valence-electron chi connectivity index (χ1n) is 5.55. The molecule has 1 fully saturated rings. The van der Waals surface area contributed by atoms with E-state index < -0.39 is 0 Å². The van der Waals surface area contributed by atoms with Crippen molar-refractivity contribution < 1.29 is 5.11 Å². The lowest BCUT2D eigenvalue weighted by atomic mass is 9.89. The molecule has 2 rings (SSSR count). The molecule has 2 N–H and O–H groups in total. The first-order valence-corrected chi connectivity index (χ1v) is 5.55. The Hall–Kier alpha value is -0.830. The Morgan fingerprint density at radius 3 is 2.86 bits per heavy atom. The minimum Gasteiger partial charge on any atom is -0.396 e. The SMILES string of the molecule is OCCc1cnc(C2CCCCC2)[nH]1. The van der Waals surface area contributed by atoms with Crippen LogP contribution in [0.2, 0.25) is 0 Å². The van der Waals surface area contributed by atoms with Crippen LogP contribution < -0.4 is 0 Å². The van der Waals surface area contributed by atoms with E-state index in [9.17, 15) is 0 Å². The van der Waals surface area contributed by atoms with Gasteiger partial charge in [0.05, 0.1) is 0 Å². The topological polar surface area (TPSA) is 48.9 Å². The Kier molecular flexibility index (Phi) is 3.19. The van der Waals surface area contributed by atoms with Crippen molar-refractivity contribution in [3.63, 3.8) is 0 Å². The highest BCUT2D eigenvalue weighted by Crippen LogP contribution is 2.30. The van der Waals surface area contributed by atoms with Crippen molar-refractivity contribution >= 4 is 0 Å². The number of aliphatic hydroxyl groups is 1. The lowest BCUT2D eigenvalue weighted by molar-refractivity contribution is 0.298. The summed E-state index contributed by atoms with van der Waals surface area (Å²) in [6.07, 6.45) is 9.14. The molecule has 0 aliphatic heterocycles. The summed E-state index contributed by atoms with van der Waals surface area (Å²) in [5, 5.41) is 8.79. The Bertz CT molecular complexity index is 277. The molecule has 0 saturated heterocycles. The summed E-state index contributed by atoms with van der Waals surface area (Å²) in [5.41, 5.74) is 1.06. The lowest BCUT2D eigenvalue weighted by Gasteiger charge is -2.19. The van der Waals surface area contributed by atoms with E-state index in [4.69, 9.17) is 5.11 Å². The molecule has 3 heteroatoms. The van der Waals surface area contributed by atoms with Gasteiger partial charge in [0.1, 0.15) is 5.82 Å². The highest BCUT2D eigenvalue weighted by Gasteiger charge is 2.17. The summed E-state index contributed by atoms with van der Waals surface area (Å²) in [6.45, 7) is 0.201. The molecule has 1 saturated carbocycles. The number of nitrogens with zero attached hydrogens (tertiary/aromatic N) is 1. The standard InChI is InChI=1S/C11H18N2O/c14-7-6-10-8-12-11(13-10)9-4-2-1-3-5-9/h8-9,14H,1-7H2,(H,12,13). The van der Waals surface area contributed by atoms with Gasteiger partial charge in [-0.2, -0.15) is 0 Å². The van der Waals surface area contributed by atoms with Gasteiger partial charge >= 0.3 is 0 Å². The molecule has 0 atom stereocenters. The van der Waals surface area contributed by atoms with E-state index in [1.165, 1.54) is 32.1 Å². The summed E-state index contributed by atoms with van der Waals surface area (Å²) < 4.78 is 0. The zero-order valence-electron chi connectivity index (χ0n) is 8.50. The molecule has 3 nitrogen and oxygen atoms in total. The molecule has 1 aliphatic carbocycles. The predicted molar refractivity (Wildman–Crippen MR) is 55.2 cm³/mol. The lowest BCUT2D eigenvalue weighted by Crippen LogP contribution is -2.06. The summed E-state index contributed by atoms with van der Waals surface area (Å²) in [5.74, 6) is 1.77. The van der Waals surface area contributed by atoms with E-state index >= 15 is 0 Å². The van der Waals surface area contributed by atoms with Gasteiger partial charge < -0.3 is 10.1 Å². The predicted octanol–water partition coefficient (Wildman–Crippen LogP) is 1.99. The first kappa shape index (κ1) is 9.71. The third-order valence-corrected chi connectivity index (χ3v) is 3.02. The van der Waals surface area contributed by atoms with Crippen molar-refractivity contribution in [1.29, 1.82) is 0 Å². The molecule has 1 aromatic heterocycles. The van der Waals surface area contributed by atoms with Crippen LogP contribution in [0.4, 0.5) is 0 Å². The number of rotatable bonds is 3. The zero-order chi connectivity index (χ0) is 9.80. The van der Waals surface area contributed by atoms with Crippen LogP contribution in [0.3, 0.4) is 0 Å². The van der Waals surface area contributed by atoms with Crippen molar-refractivity contribution in [2.24, 2.45) is 0 Å². The minimum absolute atomic E-state index is 0.201. The highest BCUT2D eigenvalue weighted by molar-refractivity contribution is 5.06. The second-order valence-corrected chi connectivity index (χ2v) is 4.10. The fourth-order valence-corrected chi connectivity index (χ4v) is 2.21. The maximum Gasteiger partial charge on any atom is 0.109 e. The number of H-pyrrole nitrogens is 1. The summed E-state index contributed by atoms with van der Waals surface area (Å²) in [4.78, 5) is 7.70. The van der Waals surface area contributed by atoms with E-state index in [0.717, 1.165) is 11.5 Å². The first-order chi connectivity index (χ1) is 6.90. The summed E-state index contributed by atoms with van der Waals surface area (Å²) >= 11 is 0. The normalized spacial score (nSPS) is 18.6. The number of hydrogen-bond donors (Lipinski definition) is 2. The van der Waals surface area contributed by atoms with E-state index in [-0.39, 0.29) is 6.61 Å². The van der Waals surface area contributed by atoms with Gasteiger partial charge in [0.25, 0.3) is 0 Å². The molecule has 0 radical (unpaired) electrons. The van der Waals surface area contributed by atoms with Crippen LogP contribution in [0, 0.1) is 0 Å². The van der Waals surface area contributed by atoms with E-state index in [1.54, 1.807) is 0 Å².